The van der Waals surface area contributed by atoms with Crippen LogP contribution in [0.5, 0.6) is 11.5 Å². The molecule has 3 heteroatoms. The van der Waals surface area contributed by atoms with Gasteiger partial charge in [-0.15, -0.1) is 0 Å². The number of nitrogens with one attached hydrogen (secondary N) is 1. The van der Waals surface area contributed by atoms with E-state index in [4.69, 9.17) is 9.47 Å². The molecule has 1 rings (SSSR count). The number of likely N-dealkylation sites (N-methyl/N-ethyl adjacent to an activating group) is 1. The van der Waals surface area contributed by atoms with Crippen molar-refractivity contribution in [1.82, 2.24) is 5.32 Å². The van der Waals surface area contributed by atoms with Crippen LogP contribution in [0, 0.1) is 0 Å². The third-order valence-electron chi connectivity index (χ3n) is 3.86. The third kappa shape index (κ3) is 2.78. The van der Waals surface area contributed by atoms with E-state index in [0.717, 1.165) is 30.9 Å². The number of ether oxygens (including phenoxy) is 2. The molecule has 0 saturated carbocycles. The van der Waals surface area contributed by atoms with Gasteiger partial charge in [0.2, 0.25) is 0 Å². The molecule has 0 amide bonds. The van der Waals surface area contributed by atoms with Crippen LogP contribution >= 0.6 is 0 Å². The minimum Gasteiger partial charge on any atom is -0.493 e. The van der Waals surface area contributed by atoms with E-state index in [0.29, 0.717) is 0 Å². The minimum atomic E-state index is 0.161. The van der Waals surface area contributed by atoms with Crippen molar-refractivity contribution >= 4 is 0 Å². The Hall–Kier alpha value is -1.22. The average Bonchev–Trinajstić information content (AvgIpc) is 2.44. The summed E-state index contributed by atoms with van der Waals surface area (Å²) in [4.78, 5) is 0. The summed E-state index contributed by atoms with van der Waals surface area (Å²) in [5.74, 6) is 1.59. The Morgan fingerprint density at radius 3 is 2.11 bits per heavy atom. The Labute approximate surface area is 110 Å². The first kappa shape index (κ1) is 14.8. The average molecular weight is 251 g/mol. The fourth-order valence-corrected chi connectivity index (χ4v) is 2.51. The van der Waals surface area contributed by atoms with Crippen LogP contribution in [0.4, 0.5) is 0 Å². The zero-order valence-electron chi connectivity index (χ0n) is 12.2. The first-order chi connectivity index (χ1) is 8.67. The zero-order chi connectivity index (χ0) is 13.6. The van der Waals surface area contributed by atoms with E-state index in [1.54, 1.807) is 14.2 Å². The summed E-state index contributed by atoms with van der Waals surface area (Å²) in [7, 11) is 5.35. The zero-order valence-corrected chi connectivity index (χ0v) is 12.2. The van der Waals surface area contributed by atoms with Crippen molar-refractivity contribution in [1.29, 1.82) is 0 Å². The van der Waals surface area contributed by atoms with Gasteiger partial charge in [-0.05, 0) is 37.6 Å². The maximum absolute atomic E-state index is 5.39. The van der Waals surface area contributed by atoms with E-state index in [1.807, 2.05) is 13.1 Å². The van der Waals surface area contributed by atoms with Crippen LogP contribution in [0.1, 0.15) is 32.3 Å². The van der Waals surface area contributed by atoms with Gasteiger partial charge in [0.1, 0.15) is 0 Å². The Kier molecular flexibility index (Phi) is 5.48. The van der Waals surface area contributed by atoms with Gasteiger partial charge in [0.05, 0.1) is 14.2 Å². The van der Waals surface area contributed by atoms with Gasteiger partial charge < -0.3 is 14.8 Å². The van der Waals surface area contributed by atoms with E-state index in [-0.39, 0.29) is 5.41 Å². The summed E-state index contributed by atoms with van der Waals surface area (Å²) < 4.78 is 10.7. The van der Waals surface area contributed by atoms with Gasteiger partial charge in [0.15, 0.2) is 11.5 Å². The molecule has 0 fully saturated rings. The van der Waals surface area contributed by atoms with E-state index >= 15 is 0 Å². The molecule has 0 aliphatic rings. The third-order valence-corrected chi connectivity index (χ3v) is 3.86. The molecular formula is C15H25NO2. The second-order valence-corrected chi connectivity index (χ2v) is 4.59. The number of hydrogen-bond acceptors (Lipinski definition) is 3. The summed E-state index contributed by atoms with van der Waals surface area (Å²) in [6, 6.07) is 6.23. The normalized spacial score (nSPS) is 11.4. The SMILES string of the molecule is CCC(CC)(CNC)c1ccc(OC)c(OC)c1. The highest BCUT2D eigenvalue weighted by Gasteiger charge is 2.28. The standard InChI is InChI=1S/C15H25NO2/c1-6-15(7-2,11-16-3)12-8-9-13(17-4)14(10-12)18-5/h8-10,16H,6-7,11H2,1-5H3. The van der Waals surface area contributed by atoms with Gasteiger partial charge in [0.25, 0.3) is 0 Å². The van der Waals surface area contributed by atoms with Gasteiger partial charge in [-0.25, -0.2) is 0 Å². The molecule has 0 aromatic heterocycles. The van der Waals surface area contributed by atoms with Crippen LogP contribution < -0.4 is 14.8 Å². The summed E-state index contributed by atoms with van der Waals surface area (Å²) in [5.41, 5.74) is 1.47. The smallest absolute Gasteiger partial charge is 0.161 e. The quantitative estimate of drug-likeness (QED) is 0.808. The lowest BCUT2D eigenvalue weighted by atomic mass is 9.75. The molecule has 1 aromatic carbocycles. The first-order valence-electron chi connectivity index (χ1n) is 6.54. The Bertz CT molecular complexity index is 373. The highest BCUT2D eigenvalue weighted by molar-refractivity contribution is 5.45. The van der Waals surface area contributed by atoms with Crippen molar-refractivity contribution in [3.8, 4) is 11.5 Å². The molecule has 0 aliphatic heterocycles. The van der Waals surface area contributed by atoms with E-state index in [2.05, 4.69) is 31.3 Å². The van der Waals surface area contributed by atoms with E-state index < -0.39 is 0 Å². The molecule has 0 bridgehead atoms. The first-order valence-corrected chi connectivity index (χ1v) is 6.54. The fraction of sp³-hybridized carbons (Fsp3) is 0.600. The van der Waals surface area contributed by atoms with Gasteiger partial charge >= 0.3 is 0 Å². The van der Waals surface area contributed by atoms with Crippen molar-refractivity contribution < 1.29 is 9.47 Å². The van der Waals surface area contributed by atoms with Crippen LogP contribution in [-0.4, -0.2) is 27.8 Å². The molecule has 0 spiro atoms. The molecule has 0 unspecified atom stereocenters. The topological polar surface area (TPSA) is 30.5 Å². The molecule has 1 aromatic rings. The van der Waals surface area contributed by atoms with Crippen LogP contribution in [0.25, 0.3) is 0 Å². The van der Waals surface area contributed by atoms with Crippen molar-refractivity contribution in [2.45, 2.75) is 32.1 Å². The monoisotopic (exact) mass is 251 g/mol. The summed E-state index contributed by atoms with van der Waals surface area (Å²) >= 11 is 0. The maximum atomic E-state index is 5.39. The molecular weight excluding hydrogens is 226 g/mol. The molecule has 1 N–H and O–H groups in total. The second-order valence-electron chi connectivity index (χ2n) is 4.59. The molecule has 102 valence electrons. The molecule has 0 aliphatic carbocycles. The highest BCUT2D eigenvalue weighted by atomic mass is 16.5. The van der Waals surface area contributed by atoms with Crippen molar-refractivity contribution in [2.24, 2.45) is 0 Å². The van der Waals surface area contributed by atoms with Gasteiger partial charge in [-0.2, -0.15) is 0 Å². The predicted molar refractivity (Wildman–Crippen MR) is 75.7 cm³/mol. The van der Waals surface area contributed by atoms with Crippen LogP contribution in [-0.2, 0) is 5.41 Å². The van der Waals surface area contributed by atoms with Gasteiger partial charge in [-0.1, -0.05) is 19.9 Å². The Balaban J connectivity index is 3.20. The summed E-state index contributed by atoms with van der Waals surface area (Å²) in [5, 5.41) is 3.30. The van der Waals surface area contributed by atoms with E-state index in [9.17, 15) is 0 Å². The fourth-order valence-electron chi connectivity index (χ4n) is 2.51. The van der Waals surface area contributed by atoms with Gasteiger partial charge in [-0.3, -0.25) is 0 Å². The number of hydrogen-bond donors (Lipinski definition) is 1. The minimum absolute atomic E-state index is 0.161. The number of benzene rings is 1. The lowest BCUT2D eigenvalue weighted by molar-refractivity contribution is 0.347. The Morgan fingerprint density at radius 1 is 1.06 bits per heavy atom. The largest absolute Gasteiger partial charge is 0.493 e. The van der Waals surface area contributed by atoms with Gasteiger partial charge in [0, 0.05) is 12.0 Å². The highest BCUT2D eigenvalue weighted by Crippen LogP contribution is 2.36. The molecule has 0 atom stereocenters. The molecule has 0 heterocycles. The summed E-state index contributed by atoms with van der Waals surface area (Å²) in [6.07, 6.45) is 2.19. The van der Waals surface area contributed by atoms with Crippen molar-refractivity contribution in [3.05, 3.63) is 23.8 Å². The van der Waals surface area contributed by atoms with E-state index in [1.165, 1.54) is 5.56 Å². The number of rotatable bonds is 7. The maximum Gasteiger partial charge on any atom is 0.161 e. The lowest BCUT2D eigenvalue weighted by Crippen LogP contribution is -2.35. The van der Waals surface area contributed by atoms with Crippen LogP contribution in [0.3, 0.4) is 0 Å². The van der Waals surface area contributed by atoms with Crippen LogP contribution in [0.2, 0.25) is 0 Å². The molecule has 18 heavy (non-hydrogen) atoms. The lowest BCUT2D eigenvalue weighted by Gasteiger charge is -2.32. The Morgan fingerprint density at radius 2 is 1.67 bits per heavy atom. The predicted octanol–water partition coefficient (Wildman–Crippen LogP) is 2.98. The number of methoxy groups -OCH3 is 2. The molecule has 0 radical (unpaired) electrons. The second kappa shape index (κ2) is 6.64. The van der Waals surface area contributed by atoms with Crippen molar-refractivity contribution in [2.75, 3.05) is 27.8 Å². The summed E-state index contributed by atoms with van der Waals surface area (Å²) in [6.45, 7) is 5.44. The van der Waals surface area contributed by atoms with Crippen molar-refractivity contribution in [3.63, 3.8) is 0 Å². The van der Waals surface area contributed by atoms with Crippen LogP contribution in [0.15, 0.2) is 18.2 Å². The molecule has 0 saturated heterocycles. The molecule has 3 nitrogen and oxygen atoms in total.